The van der Waals surface area contributed by atoms with Gasteiger partial charge >= 0.3 is 12.1 Å². The van der Waals surface area contributed by atoms with Gasteiger partial charge in [0, 0.05) is 53.0 Å². The Morgan fingerprint density at radius 3 is 2.28 bits per heavy atom. The molecule has 0 saturated heterocycles. The van der Waals surface area contributed by atoms with Crippen LogP contribution in [0.3, 0.4) is 0 Å². The number of esters is 1. The van der Waals surface area contributed by atoms with E-state index < -0.39 is 11.7 Å². The van der Waals surface area contributed by atoms with E-state index in [0.29, 0.717) is 32.5 Å². The predicted molar refractivity (Wildman–Crippen MR) is 195 cm³/mol. The van der Waals surface area contributed by atoms with Gasteiger partial charge < -0.3 is 14.8 Å². The van der Waals surface area contributed by atoms with Crippen molar-refractivity contribution in [1.82, 2.24) is 15.3 Å². The van der Waals surface area contributed by atoms with Gasteiger partial charge in [-0.3, -0.25) is 14.6 Å². The highest BCUT2D eigenvalue weighted by atomic mass is 35.5. The lowest BCUT2D eigenvalue weighted by molar-refractivity contribution is -0.154. The highest BCUT2D eigenvalue weighted by Gasteiger charge is 2.29. The van der Waals surface area contributed by atoms with Crippen molar-refractivity contribution in [2.24, 2.45) is 0 Å². The average Bonchev–Trinajstić information content (AvgIpc) is 3.43. The summed E-state index contributed by atoms with van der Waals surface area (Å²) < 4.78 is 11.3. The van der Waals surface area contributed by atoms with Crippen molar-refractivity contribution in [2.75, 3.05) is 6.61 Å². The van der Waals surface area contributed by atoms with E-state index in [1.807, 2.05) is 63.2 Å². The van der Waals surface area contributed by atoms with Crippen LogP contribution in [0.15, 0.2) is 107 Å². The summed E-state index contributed by atoms with van der Waals surface area (Å²) in [6.45, 7) is 5.77. The number of halogens is 1. The van der Waals surface area contributed by atoms with E-state index >= 15 is 0 Å². The smallest absolute Gasteiger partial charge is 0.407 e. The maximum atomic E-state index is 13.3. The minimum atomic E-state index is -0.573. The Morgan fingerprint density at radius 1 is 0.900 bits per heavy atom. The molecule has 0 saturated carbocycles. The van der Waals surface area contributed by atoms with Crippen LogP contribution in [0.4, 0.5) is 4.79 Å². The van der Waals surface area contributed by atoms with E-state index in [1.165, 1.54) is 11.8 Å². The predicted octanol–water partition coefficient (Wildman–Crippen LogP) is 9.07. The molecule has 1 aliphatic rings. The Bertz CT molecular complexity index is 2000. The Labute approximate surface area is 300 Å². The summed E-state index contributed by atoms with van der Waals surface area (Å²) >= 11 is 8.05. The highest BCUT2D eigenvalue weighted by molar-refractivity contribution is 7.99. The number of alkyl carbamates (subject to hydrolysis) is 1. The number of nitrogens with one attached hydrogen (secondary N) is 1. The number of pyridine rings is 2. The molecule has 6 rings (SSSR count). The molecular weight excluding hydrogens is 670 g/mol. The summed E-state index contributed by atoms with van der Waals surface area (Å²) in [7, 11) is 0. The van der Waals surface area contributed by atoms with Crippen LogP contribution >= 0.6 is 23.4 Å². The molecule has 3 aromatic carbocycles. The Hall–Kier alpha value is -4.99. The van der Waals surface area contributed by atoms with E-state index in [4.69, 9.17) is 21.1 Å². The molecule has 5 aromatic rings. The van der Waals surface area contributed by atoms with Crippen molar-refractivity contribution in [2.45, 2.75) is 61.6 Å². The Balaban J connectivity index is 1.23. The van der Waals surface area contributed by atoms with Crippen molar-refractivity contribution >= 4 is 41.7 Å². The van der Waals surface area contributed by atoms with E-state index in [2.05, 4.69) is 39.6 Å². The maximum absolute atomic E-state index is 13.3. The van der Waals surface area contributed by atoms with Crippen LogP contribution in [0.5, 0.6) is 0 Å². The Morgan fingerprint density at radius 2 is 1.62 bits per heavy atom. The second kappa shape index (κ2) is 15.3. The number of aldehydes is 1. The second-order valence-electron chi connectivity index (χ2n) is 12.8. The number of benzene rings is 3. The number of hydrogen-bond donors (Lipinski definition) is 1. The quantitative estimate of drug-likeness (QED) is 0.107. The Kier molecular flexibility index (Phi) is 10.6. The fraction of sp³-hybridized carbons (Fsp3) is 0.225. The molecule has 0 spiro atoms. The van der Waals surface area contributed by atoms with Crippen LogP contribution in [0.1, 0.15) is 65.9 Å². The minimum Gasteiger partial charge on any atom is -0.460 e. The van der Waals surface area contributed by atoms with Gasteiger partial charge in [0.25, 0.3) is 0 Å². The lowest BCUT2D eigenvalue weighted by Crippen LogP contribution is -2.26. The molecule has 1 N–H and O–H groups in total. The second-order valence-corrected chi connectivity index (χ2v) is 14.2. The molecule has 0 radical (unpaired) electrons. The fourth-order valence-electron chi connectivity index (χ4n) is 5.99. The molecule has 50 heavy (non-hydrogen) atoms. The van der Waals surface area contributed by atoms with Crippen molar-refractivity contribution in [1.29, 1.82) is 0 Å². The molecule has 0 unspecified atom stereocenters. The van der Waals surface area contributed by atoms with Crippen LogP contribution < -0.4 is 5.32 Å². The first-order valence-electron chi connectivity index (χ1n) is 16.3. The first-order valence-corrected chi connectivity index (χ1v) is 17.5. The maximum Gasteiger partial charge on any atom is 0.407 e. The number of ether oxygens (including phenoxy) is 2. The van der Waals surface area contributed by atoms with E-state index in [1.54, 1.807) is 30.6 Å². The van der Waals surface area contributed by atoms with Gasteiger partial charge in [-0.05, 0) is 78.4 Å². The van der Waals surface area contributed by atoms with Crippen LogP contribution in [-0.2, 0) is 27.2 Å². The molecule has 0 bridgehead atoms. The summed E-state index contributed by atoms with van der Waals surface area (Å²) in [6, 6.07) is 27.2. The molecule has 10 heteroatoms. The summed E-state index contributed by atoms with van der Waals surface area (Å²) in [5.74, 6) is -0.361. The molecule has 1 amide bonds. The fourth-order valence-corrected chi connectivity index (χ4v) is 7.30. The minimum absolute atomic E-state index is 0.0770. The number of nitrogens with zero attached hydrogens (tertiary/aromatic N) is 2. The van der Waals surface area contributed by atoms with Gasteiger partial charge in [-0.15, -0.1) is 0 Å². The molecule has 2 heterocycles. The molecule has 2 aromatic heterocycles. The number of rotatable bonds is 11. The molecular formula is C40H36ClN3O5S. The standard InChI is InChI=1S/C40H36ClN3O5S/c1-40(2,3)49-36(46)19-16-27-15-14-25(21-43-27)28-17-18-35(41)37(50-38-26(23-45)9-8-20-42-38)33(28)22-44-39(47)48-24-34-31-12-6-4-10-29(31)30-11-5-7-13-32(30)34/h4-15,17-18,20-21,23,34H,16,19,22,24H2,1-3H3,(H,44,47). The number of aryl methyl sites for hydroxylation is 1. The zero-order valence-electron chi connectivity index (χ0n) is 27.9. The third-order valence-electron chi connectivity index (χ3n) is 8.23. The van der Waals surface area contributed by atoms with E-state index in [-0.39, 0.29) is 31.5 Å². The first kappa shape index (κ1) is 34.9. The van der Waals surface area contributed by atoms with Gasteiger partial charge in [0.1, 0.15) is 17.2 Å². The number of hydrogen-bond acceptors (Lipinski definition) is 8. The van der Waals surface area contributed by atoms with E-state index in [0.717, 1.165) is 45.4 Å². The molecule has 1 aliphatic carbocycles. The lowest BCUT2D eigenvalue weighted by atomic mass is 9.98. The molecule has 8 nitrogen and oxygen atoms in total. The van der Waals surface area contributed by atoms with Crippen molar-refractivity contribution in [3.05, 3.63) is 130 Å². The summed E-state index contributed by atoms with van der Waals surface area (Å²) in [5, 5.41) is 3.85. The average molecular weight is 706 g/mol. The number of fused-ring (bicyclic) bond motifs is 3. The molecule has 0 aliphatic heterocycles. The van der Waals surface area contributed by atoms with Crippen LogP contribution in [0.25, 0.3) is 22.3 Å². The normalized spacial score (nSPS) is 12.2. The van der Waals surface area contributed by atoms with Gasteiger partial charge in [0.2, 0.25) is 0 Å². The summed E-state index contributed by atoms with van der Waals surface area (Å²) in [5.41, 5.74) is 7.44. The number of carbonyl (C=O) groups excluding carboxylic acids is 3. The number of carbonyl (C=O) groups is 3. The molecule has 0 atom stereocenters. The van der Waals surface area contributed by atoms with Crippen molar-refractivity contribution < 1.29 is 23.9 Å². The third kappa shape index (κ3) is 8.07. The zero-order valence-corrected chi connectivity index (χ0v) is 29.5. The number of aromatic nitrogens is 2. The van der Waals surface area contributed by atoms with Gasteiger partial charge in [0.15, 0.2) is 6.29 Å². The monoisotopic (exact) mass is 705 g/mol. The van der Waals surface area contributed by atoms with Gasteiger partial charge in [-0.2, -0.15) is 0 Å². The topological polar surface area (TPSA) is 107 Å². The lowest BCUT2D eigenvalue weighted by Gasteiger charge is -2.19. The van der Waals surface area contributed by atoms with Crippen LogP contribution in [0.2, 0.25) is 5.02 Å². The first-order chi connectivity index (χ1) is 24.1. The van der Waals surface area contributed by atoms with Gasteiger partial charge in [-0.1, -0.05) is 84.0 Å². The summed E-state index contributed by atoms with van der Waals surface area (Å²) in [6.07, 6.45) is 4.17. The SMILES string of the molecule is CC(C)(C)OC(=O)CCc1ccc(-c2ccc(Cl)c(Sc3ncccc3C=O)c2CNC(=O)OCC2c3ccccc3-c3ccccc32)cn1. The zero-order chi connectivity index (χ0) is 35.3. The van der Waals surface area contributed by atoms with Crippen molar-refractivity contribution in [3.63, 3.8) is 0 Å². The highest BCUT2D eigenvalue weighted by Crippen LogP contribution is 2.45. The third-order valence-corrected chi connectivity index (χ3v) is 9.86. The summed E-state index contributed by atoms with van der Waals surface area (Å²) in [4.78, 5) is 47.0. The van der Waals surface area contributed by atoms with Gasteiger partial charge in [-0.25, -0.2) is 9.78 Å². The van der Waals surface area contributed by atoms with Crippen molar-refractivity contribution in [3.8, 4) is 22.3 Å². The largest absolute Gasteiger partial charge is 0.460 e. The van der Waals surface area contributed by atoms with E-state index in [9.17, 15) is 14.4 Å². The number of amides is 1. The molecule has 0 fully saturated rings. The van der Waals surface area contributed by atoms with Gasteiger partial charge in [0.05, 0.1) is 11.4 Å². The molecule has 254 valence electrons. The van der Waals surface area contributed by atoms with Crippen LogP contribution in [-0.4, -0.2) is 40.5 Å². The van der Waals surface area contributed by atoms with Crippen LogP contribution in [0, 0.1) is 0 Å².